The molecule has 2 amide bonds. The minimum atomic E-state index is -0.216. The third kappa shape index (κ3) is 3.41. The zero-order chi connectivity index (χ0) is 17.3. The van der Waals surface area contributed by atoms with Gasteiger partial charge in [0, 0.05) is 19.1 Å². The Labute approximate surface area is 150 Å². The van der Waals surface area contributed by atoms with Crippen LogP contribution in [-0.4, -0.2) is 58.6 Å². The van der Waals surface area contributed by atoms with Crippen molar-refractivity contribution in [2.24, 2.45) is 5.92 Å². The highest BCUT2D eigenvalue weighted by atomic mass is 79.9. The van der Waals surface area contributed by atoms with Crippen LogP contribution in [0.15, 0.2) is 22.8 Å². The Kier molecular flexibility index (Phi) is 5.08. The van der Waals surface area contributed by atoms with Gasteiger partial charge in [-0.3, -0.25) is 9.69 Å². The van der Waals surface area contributed by atoms with Crippen molar-refractivity contribution in [3.63, 3.8) is 0 Å². The van der Waals surface area contributed by atoms with Crippen LogP contribution in [0.5, 0.6) is 0 Å². The summed E-state index contributed by atoms with van der Waals surface area (Å²) < 4.78 is 5.90. The van der Waals surface area contributed by atoms with E-state index in [-0.39, 0.29) is 24.1 Å². The van der Waals surface area contributed by atoms with Crippen LogP contribution < -0.4 is 0 Å². The van der Waals surface area contributed by atoms with Gasteiger partial charge < -0.3 is 9.64 Å². The number of hydrogen-bond acceptors (Lipinski definition) is 4. The molecule has 0 radical (unpaired) electrons. The molecule has 24 heavy (non-hydrogen) atoms. The highest BCUT2D eigenvalue weighted by molar-refractivity contribution is 9.10. The number of rotatable bonds is 3. The zero-order valence-corrected chi connectivity index (χ0v) is 15.5. The molecule has 0 aromatic carbocycles. The SMILES string of the molecule is CC(C)C1COC(=O)N1C1CCN(C(=O)c2cccc(Br)n2)CC1. The van der Waals surface area contributed by atoms with Crippen molar-refractivity contribution in [1.82, 2.24) is 14.8 Å². The monoisotopic (exact) mass is 395 g/mol. The number of pyridine rings is 1. The van der Waals surface area contributed by atoms with Crippen LogP contribution in [-0.2, 0) is 4.74 Å². The fourth-order valence-corrected chi connectivity index (χ4v) is 3.76. The fraction of sp³-hybridized carbons (Fsp3) is 0.588. The summed E-state index contributed by atoms with van der Waals surface area (Å²) >= 11 is 3.30. The number of cyclic esters (lactones) is 1. The molecular formula is C17H22BrN3O3. The molecule has 0 bridgehead atoms. The molecule has 2 saturated heterocycles. The summed E-state index contributed by atoms with van der Waals surface area (Å²) in [6.07, 6.45) is 1.34. The van der Waals surface area contributed by atoms with Crippen molar-refractivity contribution in [2.45, 2.75) is 38.8 Å². The van der Waals surface area contributed by atoms with Crippen molar-refractivity contribution in [1.29, 1.82) is 0 Å². The Morgan fingerprint density at radius 2 is 2.04 bits per heavy atom. The van der Waals surface area contributed by atoms with Gasteiger partial charge in [0.1, 0.15) is 16.9 Å². The molecule has 130 valence electrons. The van der Waals surface area contributed by atoms with Crippen LogP contribution in [0.4, 0.5) is 4.79 Å². The van der Waals surface area contributed by atoms with Crippen molar-refractivity contribution in [2.75, 3.05) is 19.7 Å². The average molecular weight is 396 g/mol. The van der Waals surface area contributed by atoms with Gasteiger partial charge in [-0.25, -0.2) is 9.78 Å². The van der Waals surface area contributed by atoms with Crippen molar-refractivity contribution >= 4 is 27.9 Å². The molecule has 0 saturated carbocycles. The third-order valence-electron chi connectivity index (χ3n) is 4.79. The molecule has 2 fully saturated rings. The number of nitrogens with zero attached hydrogens (tertiary/aromatic N) is 3. The van der Waals surface area contributed by atoms with E-state index in [9.17, 15) is 9.59 Å². The van der Waals surface area contributed by atoms with E-state index in [1.807, 2.05) is 15.9 Å². The Morgan fingerprint density at radius 1 is 1.33 bits per heavy atom. The number of hydrogen-bond donors (Lipinski definition) is 0. The molecule has 0 N–H and O–H groups in total. The molecule has 1 atom stereocenters. The van der Waals surface area contributed by atoms with Gasteiger partial charge in [-0.15, -0.1) is 0 Å². The van der Waals surface area contributed by atoms with Gasteiger partial charge in [0.15, 0.2) is 0 Å². The molecule has 1 unspecified atom stereocenters. The normalized spacial score (nSPS) is 22.2. The second-order valence-corrected chi connectivity index (χ2v) is 7.48. The van der Waals surface area contributed by atoms with E-state index >= 15 is 0 Å². The summed E-state index contributed by atoms with van der Waals surface area (Å²) in [5.74, 6) is 0.307. The Morgan fingerprint density at radius 3 is 2.67 bits per heavy atom. The molecule has 3 rings (SSSR count). The number of amides is 2. The second-order valence-electron chi connectivity index (χ2n) is 6.66. The van der Waals surface area contributed by atoms with Crippen LogP contribution in [0.3, 0.4) is 0 Å². The molecule has 0 aliphatic carbocycles. The zero-order valence-electron chi connectivity index (χ0n) is 13.9. The number of likely N-dealkylation sites (tertiary alicyclic amines) is 1. The summed E-state index contributed by atoms with van der Waals surface area (Å²) in [6, 6.07) is 5.62. The largest absolute Gasteiger partial charge is 0.447 e. The second kappa shape index (κ2) is 7.09. The summed E-state index contributed by atoms with van der Waals surface area (Å²) in [5, 5.41) is 0. The van der Waals surface area contributed by atoms with E-state index in [0.717, 1.165) is 12.8 Å². The quantitative estimate of drug-likeness (QED) is 0.738. The highest BCUT2D eigenvalue weighted by Crippen LogP contribution is 2.27. The van der Waals surface area contributed by atoms with Gasteiger partial charge in [-0.2, -0.15) is 0 Å². The van der Waals surface area contributed by atoms with Gasteiger partial charge in [-0.05, 0) is 46.8 Å². The van der Waals surface area contributed by atoms with E-state index in [1.54, 1.807) is 12.1 Å². The molecule has 2 aliphatic heterocycles. The van der Waals surface area contributed by atoms with Crippen molar-refractivity contribution in [3.8, 4) is 0 Å². The molecule has 1 aromatic rings. The number of carbonyl (C=O) groups excluding carboxylic acids is 2. The summed E-state index contributed by atoms with van der Waals surface area (Å²) in [6.45, 7) is 5.95. The van der Waals surface area contributed by atoms with E-state index in [4.69, 9.17) is 4.74 Å². The molecule has 7 heteroatoms. The standard InChI is InChI=1S/C17H22BrN3O3/c1-11(2)14-10-24-17(23)21(14)12-6-8-20(9-7-12)16(22)13-4-3-5-15(18)19-13/h3-5,11-12,14H,6-10H2,1-2H3. The number of piperidine rings is 1. The van der Waals surface area contributed by atoms with Gasteiger partial charge in [0.25, 0.3) is 5.91 Å². The predicted octanol–water partition coefficient (Wildman–Crippen LogP) is 2.93. The van der Waals surface area contributed by atoms with Crippen molar-refractivity contribution in [3.05, 3.63) is 28.5 Å². The summed E-state index contributed by atoms with van der Waals surface area (Å²) in [4.78, 5) is 32.6. The maximum atomic E-state index is 12.6. The van der Waals surface area contributed by atoms with E-state index in [0.29, 0.717) is 35.9 Å². The maximum Gasteiger partial charge on any atom is 0.410 e. The summed E-state index contributed by atoms with van der Waals surface area (Å²) in [5.41, 5.74) is 0.448. The van der Waals surface area contributed by atoms with Gasteiger partial charge >= 0.3 is 6.09 Å². The molecule has 0 spiro atoms. The third-order valence-corrected chi connectivity index (χ3v) is 5.24. The molecule has 2 aliphatic rings. The first-order valence-corrected chi connectivity index (χ1v) is 9.13. The summed E-state index contributed by atoms with van der Waals surface area (Å²) in [7, 11) is 0. The molecular weight excluding hydrogens is 374 g/mol. The highest BCUT2D eigenvalue weighted by Gasteiger charge is 2.41. The molecule has 3 heterocycles. The first-order chi connectivity index (χ1) is 11.5. The van der Waals surface area contributed by atoms with E-state index < -0.39 is 0 Å². The lowest BCUT2D eigenvalue weighted by molar-refractivity contribution is 0.0614. The first-order valence-electron chi connectivity index (χ1n) is 8.34. The Hall–Kier alpha value is -1.63. The van der Waals surface area contributed by atoms with Gasteiger partial charge in [0.05, 0.1) is 6.04 Å². The molecule has 1 aromatic heterocycles. The van der Waals surface area contributed by atoms with E-state index in [2.05, 4.69) is 34.8 Å². The van der Waals surface area contributed by atoms with E-state index in [1.165, 1.54) is 0 Å². The lowest BCUT2D eigenvalue weighted by Gasteiger charge is -2.38. The first kappa shape index (κ1) is 17.2. The number of ether oxygens (including phenoxy) is 1. The topological polar surface area (TPSA) is 62.7 Å². The van der Waals surface area contributed by atoms with Crippen molar-refractivity contribution < 1.29 is 14.3 Å². The Bertz CT molecular complexity index is 629. The lowest BCUT2D eigenvalue weighted by atomic mass is 9.97. The van der Waals surface area contributed by atoms with Crippen LogP contribution in [0.25, 0.3) is 0 Å². The van der Waals surface area contributed by atoms with Crippen LogP contribution in [0, 0.1) is 5.92 Å². The Balaban J connectivity index is 1.63. The van der Waals surface area contributed by atoms with Gasteiger partial charge in [0.2, 0.25) is 0 Å². The minimum absolute atomic E-state index is 0.0563. The minimum Gasteiger partial charge on any atom is -0.447 e. The number of aromatic nitrogens is 1. The molecule has 6 nitrogen and oxygen atoms in total. The number of carbonyl (C=O) groups is 2. The van der Waals surface area contributed by atoms with Gasteiger partial charge in [-0.1, -0.05) is 19.9 Å². The average Bonchev–Trinajstić information content (AvgIpc) is 2.96. The fourth-order valence-electron chi connectivity index (χ4n) is 3.42. The number of halogens is 1. The predicted molar refractivity (Wildman–Crippen MR) is 92.7 cm³/mol. The maximum absolute atomic E-state index is 12.6. The van der Waals surface area contributed by atoms with Crippen LogP contribution in [0.1, 0.15) is 37.2 Å². The smallest absolute Gasteiger partial charge is 0.410 e. The lowest BCUT2D eigenvalue weighted by Crippen LogP contribution is -2.51. The van der Waals surface area contributed by atoms with Crippen LogP contribution in [0.2, 0.25) is 0 Å². The van der Waals surface area contributed by atoms with Crippen LogP contribution >= 0.6 is 15.9 Å².